The lowest BCUT2D eigenvalue weighted by Gasteiger charge is -2.35. The minimum atomic E-state index is -0.172. The zero-order valence-corrected chi connectivity index (χ0v) is 10.5. The molecule has 0 aromatic carbocycles. The van der Waals surface area contributed by atoms with Crippen molar-refractivity contribution in [3.63, 3.8) is 0 Å². The highest BCUT2D eigenvalue weighted by Gasteiger charge is 2.31. The highest BCUT2D eigenvalue weighted by Crippen LogP contribution is 2.17. The van der Waals surface area contributed by atoms with Crippen molar-refractivity contribution in [3.8, 4) is 0 Å². The highest BCUT2D eigenvalue weighted by molar-refractivity contribution is 5.89. The van der Waals surface area contributed by atoms with Crippen molar-refractivity contribution < 1.29 is 9.59 Å². The first kappa shape index (κ1) is 12.4. The van der Waals surface area contributed by atoms with Crippen molar-refractivity contribution in [2.75, 3.05) is 26.7 Å². The zero-order valence-electron chi connectivity index (χ0n) is 10.5. The van der Waals surface area contributed by atoms with E-state index in [1.54, 1.807) is 0 Å². The molecule has 0 aliphatic carbocycles. The van der Waals surface area contributed by atoms with Crippen molar-refractivity contribution in [1.82, 2.24) is 15.5 Å². The van der Waals surface area contributed by atoms with Crippen LogP contribution in [0.1, 0.15) is 19.8 Å². The molecule has 17 heavy (non-hydrogen) atoms. The van der Waals surface area contributed by atoms with Gasteiger partial charge >= 0.3 is 0 Å². The number of nitrogens with one attached hydrogen (secondary N) is 2. The summed E-state index contributed by atoms with van der Waals surface area (Å²) in [6.45, 7) is 4.70. The molecule has 2 aliphatic rings. The Balaban J connectivity index is 1.84. The lowest BCUT2D eigenvalue weighted by molar-refractivity contribution is -0.127. The van der Waals surface area contributed by atoms with Gasteiger partial charge in [0.2, 0.25) is 11.8 Å². The lowest BCUT2D eigenvalue weighted by atomic mass is 9.93. The van der Waals surface area contributed by atoms with Crippen LogP contribution in [0, 0.1) is 11.8 Å². The molecule has 0 bridgehead atoms. The van der Waals surface area contributed by atoms with Crippen LogP contribution in [0.4, 0.5) is 0 Å². The summed E-state index contributed by atoms with van der Waals surface area (Å²) >= 11 is 0. The second-order valence-corrected chi connectivity index (χ2v) is 5.35. The van der Waals surface area contributed by atoms with Crippen LogP contribution in [-0.4, -0.2) is 49.4 Å². The maximum atomic E-state index is 12.0. The summed E-state index contributed by atoms with van der Waals surface area (Å²) in [4.78, 5) is 25.3. The first-order chi connectivity index (χ1) is 8.06. The number of nitrogens with zero attached hydrogens (tertiary/aromatic N) is 1. The minimum absolute atomic E-state index is 0.0124. The van der Waals surface area contributed by atoms with E-state index in [0.29, 0.717) is 18.9 Å². The maximum absolute atomic E-state index is 12.0. The molecule has 0 spiro atoms. The third-order valence-electron chi connectivity index (χ3n) is 3.78. The molecular weight excluding hydrogens is 218 g/mol. The van der Waals surface area contributed by atoms with E-state index < -0.39 is 0 Å². The van der Waals surface area contributed by atoms with E-state index in [1.807, 2.05) is 0 Å². The molecule has 3 unspecified atom stereocenters. The molecule has 0 radical (unpaired) electrons. The van der Waals surface area contributed by atoms with Crippen LogP contribution in [0.15, 0.2) is 0 Å². The van der Waals surface area contributed by atoms with E-state index in [-0.39, 0.29) is 23.8 Å². The van der Waals surface area contributed by atoms with Gasteiger partial charge in [-0.15, -0.1) is 0 Å². The molecule has 2 fully saturated rings. The number of rotatable bonds is 2. The number of hydrogen-bond acceptors (Lipinski definition) is 3. The van der Waals surface area contributed by atoms with Crippen LogP contribution in [0.2, 0.25) is 0 Å². The third-order valence-corrected chi connectivity index (χ3v) is 3.78. The van der Waals surface area contributed by atoms with E-state index in [2.05, 4.69) is 29.5 Å². The second-order valence-electron chi connectivity index (χ2n) is 5.35. The van der Waals surface area contributed by atoms with Gasteiger partial charge in [-0.25, -0.2) is 0 Å². The first-order valence-corrected chi connectivity index (χ1v) is 6.32. The van der Waals surface area contributed by atoms with Crippen molar-refractivity contribution in [2.24, 2.45) is 11.8 Å². The summed E-state index contributed by atoms with van der Waals surface area (Å²) in [5.74, 6) is 0.323. The zero-order chi connectivity index (χ0) is 12.4. The molecule has 96 valence electrons. The fourth-order valence-electron chi connectivity index (χ4n) is 2.66. The second kappa shape index (κ2) is 5.04. The molecule has 2 saturated heterocycles. The SMILES string of the molecule is CC1CN(C)CCC1NC(=O)C1CNC(=O)C1. The van der Waals surface area contributed by atoms with Crippen LogP contribution in [0.3, 0.4) is 0 Å². The number of carbonyl (C=O) groups excluding carboxylic acids is 2. The molecule has 5 heteroatoms. The molecule has 2 aliphatic heterocycles. The van der Waals surface area contributed by atoms with E-state index in [4.69, 9.17) is 0 Å². The summed E-state index contributed by atoms with van der Waals surface area (Å²) < 4.78 is 0. The van der Waals surface area contributed by atoms with Crippen molar-refractivity contribution in [3.05, 3.63) is 0 Å². The largest absolute Gasteiger partial charge is 0.355 e. The van der Waals surface area contributed by atoms with Crippen molar-refractivity contribution in [1.29, 1.82) is 0 Å². The van der Waals surface area contributed by atoms with Gasteiger partial charge in [-0.1, -0.05) is 6.92 Å². The molecule has 2 rings (SSSR count). The lowest BCUT2D eigenvalue weighted by Crippen LogP contribution is -2.50. The Bertz CT molecular complexity index is 319. The molecule has 0 saturated carbocycles. The summed E-state index contributed by atoms with van der Waals surface area (Å²) in [6, 6.07) is 0.259. The predicted octanol–water partition coefficient (Wildman–Crippen LogP) is -0.421. The smallest absolute Gasteiger partial charge is 0.225 e. The summed E-state index contributed by atoms with van der Waals surface area (Å²) in [7, 11) is 2.11. The molecular formula is C12H21N3O2. The van der Waals surface area contributed by atoms with Crippen LogP contribution in [0.5, 0.6) is 0 Å². The van der Waals surface area contributed by atoms with Crippen molar-refractivity contribution >= 4 is 11.8 Å². The molecule has 3 atom stereocenters. The number of likely N-dealkylation sites (tertiary alicyclic amines) is 1. The molecule has 0 aromatic heterocycles. The van der Waals surface area contributed by atoms with Crippen LogP contribution in [0.25, 0.3) is 0 Å². The standard InChI is InChI=1S/C12H21N3O2/c1-8-7-15(2)4-3-10(8)14-12(17)9-5-11(16)13-6-9/h8-10H,3-7H2,1-2H3,(H,13,16)(H,14,17). The molecule has 0 aromatic rings. The van der Waals surface area contributed by atoms with Crippen LogP contribution >= 0.6 is 0 Å². The van der Waals surface area contributed by atoms with Gasteiger partial charge in [0.25, 0.3) is 0 Å². The van der Waals surface area contributed by atoms with Crippen LogP contribution < -0.4 is 10.6 Å². The fraction of sp³-hybridized carbons (Fsp3) is 0.833. The summed E-state index contributed by atoms with van der Waals surface area (Å²) in [5, 5.41) is 5.79. The van der Waals surface area contributed by atoms with Gasteiger partial charge in [-0.05, 0) is 25.9 Å². The van der Waals surface area contributed by atoms with Gasteiger partial charge in [-0.3, -0.25) is 9.59 Å². The number of amides is 2. The van der Waals surface area contributed by atoms with Gasteiger partial charge in [-0.2, -0.15) is 0 Å². The topological polar surface area (TPSA) is 61.4 Å². The Labute approximate surface area is 102 Å². The quantitative estimate of drug-likeness (QED) is 0.688. The monoisotopic (exact) mass is 239 g/mol. The van der Waals surface area contributed by atoms with Gasteiger partial charge in [0.15, 0.2) is 0 Å². The number of carbonyl (C=O) groups is 2. The normalized spacial score (nSPS) is 34.5. The maximum Gasteiger partial charge on any atom is 0.225 e. The first-order valence-electron chi connectivity index (χ1n) is 6.32. The Morgan fingerprint density at radius 1 is 1.53 bits per heavy atom. The van der Waals surface area contributed by atoms with E-state index in [0.717, 1.165) is 19.5 Å². The van der Waals surface area contributed by atoms with Gasteiger partial charge in [0.05, 0.1) is 5.92 Å². The predicted molar refractivity (Wildman–Crippen MR) is 64.3 cm³/mol. The van der Waals surface area contributed by atoms with Gasteiger partial charge < -0.3 is 15.5 Å². The number of hydrogen-bond donors (Lipinski definition) is 2. The molecule has 2 heterocycles. The van der Waals surface area contributed by atoms with E-state index in [9.17, 15) is 9.59 Å². The molecule has 2 N–H and O–H groups in total. The summed E-state index contributed by atoms with van der Waals surface area (Å²) in [5.41, 5.74) is 0. The van der Waals surface area contributed by atoms with Gasteiger partial charge in [0, 0.05) is 25.6 Å². The van der Waals surface area contributed by atoms with Crippen molar-refractivity contribution in [2.45, 2.75) is 25.8 Å². The molecule has 5 nitrogen and oxygen atoms in total. The van der Waals surface area contributed by atoms with Crippen LogP contribution in [-0.2, 0) is 9.59 Å². The highest BCUT2D eigenvalue weighted by atomic mass is 16.2. The van der Waals surface area contributed by atoms with E-state index in [1.165, 1.54) is 0 Å². The fourth-order valence-corrected chi connectivity index (χ4v) is 2.66. The Morgan fingerprint density at radius 3 is 2.88 bits per heavy atom. The Hall–Kier alpha value is -1.10. The molecule has 2 amide bonds. The average molecular weight is 239 g/mol. The van der Waals surface area contributed by atoms with Gasteiger partial charge in [0.1, 0.15) is 0 Å². The number of piperidine rings is 1. The van der Waals surface area contributed by atoms with E-state index >= 15 is 0 Å². The Morgan fingerprint density at radius 2 is 2.29 bits per heavy atom. The average Bonchev–Trinajstić information content (AvgIpc) is 2.69. The summed E-state index contributed by atoms with van der Waals surface area (Å²) in [6.07, 6.45) is 1.34. The Kier molecular flexibility index (Phi) is 3.66. The third kappa shape index (κ3) is 2.97. The minimum Gasteiger partial charge on any atom is -0.355 e.